The van der Waals surface area contributed by atoms with Crippen molar-refractivity contribution < 1.29 is 19.1 Å². The molecule has 26 heavy (non-hydrogen) atoms. The summed E-state index contributed by atoms with van der Waals surface area (Å²) in [6.07, 6.45) is 1.73. The van der Waals surface area contributed by atoms with Crippen molar-refractivity contribution in [2.75, 3.05) is 45.7 Å². The number of hydrogen-bond acceptors (Lipinski definition) is 7. The van der Waals surface area contributed by atoms with Gasteiger partial charge >= 0.3 is 5.97 Å². The first-order valence-corrected chi connectivity index (χ1v) is 8.25. The van der Waals surface area contributed by atoms with Crippen molar-refractivity contribution in [3.63, 3.8) is 0 Å². The van der Waals surface area contributed by atoms with E-state index < -0.39 is 5.97 Å². The average molecular weight is 357 g/mol. The van der Waals surface area contributed by atoms with Crippen LogP contribution in [0.15, 0.2) is 48.7 Å². The molecule has 1 aromatic carbocycles. The van der Waals surface area contributed by atoms with Crippen LogP contribution in [-0.2, 0) is 9.53 Å². The summed E-state index contributed by atoms with van der Waals surface area (Å²) < 4.78 is 9.76. The molecule has 2 rings (SSSR count). The van der Waals surface area contributed by atoms with Gasteiger partial charge in [0.1, 0.15) is 11.6 Å². The number of methoxy groups -OCH3 is 1. The van der Waals surface area contributed by atoms with E-state index in [1.165, 1.54) is 7.11 Å². The van der Waals surface area contributed by atoms with E-state index in [1.54, 1.807) is 30.5 Å². The summed E-state index contributed by atoms with van der Waals surface area (Å²) in [7, 11) is 3.20. The molecule has 0 unspecified atom stereocenters. The van der Waals surface area contributed by atoms with E-state index in [0.29, 0.717) is 30.9 Å². The molecule has 0 saturated carbocycles. The largest absolute Gasteiger partial charge is 0.482 e. The number of carbonyl (C=O) groups excluding carboxylic acids is 2. The monoisotopic (exact) mass is 357 g/mol. The van der Waals surface area contributed by atoms with E-state index in [-0.39, 0.29) is 12.4 Å². The Morgan fingerprint density at radius 3 is 2.58 bits per heavy atom. The third-order valence-electron chi connectivity index (χ3n) is 3.64. The molecule has 0 aliphatic carbocycles. The number of nitrogens with zero attached hydrogens (tertiary/aromatic N) is 2. The first-order chi connectivity index (χ1) is 12.6. The Morgan fingerprint density at radius 2 is 1.92 bits per heavy atom. The first-order valence-electron chi connectivity index (χ1n) is 8.25. The van der Waals surface area contributed by atoms with Crippen LogP contribution < -0.4 is 10.1 Å². The lowest BCUT2D eigenvalue weighted by atomic mass is 10.1. The summed E-state index contributed by atoms with van der Waals surface area (Å²) in [5.41, 5.74) is 0.597. The highest BCUT2D eigenvalue weighted by molar-refractivity contribution is 5.97. The number of nitrogens with one attached hydrogen (secondary N) is 1. The molecular weight excluding hydrogens is 334 g/mol. The number of anilines is 1. The second-order valence-corrected chi connectivity index (χ2v) is 5.69. The van der Waals surface area contributed by atoms with E-state index in [1.807, 2.05) is 30.1 Å². The smallest absolute Gasteiger partial charge is 0.343 e. The number of hydrogen-bond donors (Lipinski definition) is 1. The number of benzene rings is 1. The molecule has 0 aliphatic heterocycles. The lowest BCUT2D eigenvalue weighted by Gasteiger charge is -2.16. The van der Waals surface area contributed by atoms with Crippen molar-refractivity contribution in [2.24, 2.45) is 0 Å². The minimum Gasteiger partial charge on any atom is -0.482 e. The van der Waals surface area contributed by atoms with Crippen LogP contribution in [0.1, 0.15) is 10.4 Å². The molecular formula is C19H23N3O4. The molecule has 1 N–H and O–H groups in total. The standard InChI is InChI=1S/C19H23N3O4/c1-22(12-11-21-18-5-3-4-10-20-18)13-17(23)15-6-8-16(9-7-15)26-14-19(24)25-2/h3-10H,11-14H2,1-2H3,(H,20,21). The summed E-state index contributed by atoms with van der Waals surface area (Å²) in [5.74, 6) is 0.894. The predicted molar refractivity (Wildman–Crippen MR) is 98.5 cm³/mol. The number of carbonyl (C=O) groups is 2. The predicted octanol–water partition coefficient (Wildman–Crippen LogP) is 1.86. The summed E-state index contributed by atoms with van der Waals surface area (Å²) >= 11 is 0. The van der Waals surface area contributed by atoms with Gasteiger partial charge in [-0.15, -0.1) is 0 Å². The number of aromatic nitrogens is 1. The van der Waals surface area contributed by atoms with Crippen LogP contribution in [0.5, 0.6) is 5.75 Å². The molecule has 0 fully saturated rings. The van der Waals surface area contributed by atoms with Gasteiger partial charge in [0.05, 0.1) is 13.7 Å². The maximum Gasteiger partial charge on any atom is 0.343 e. The summed E-state index contributed by atoms with van der Waals surface area (Å²) in [4.78, 5) is 29.5. The summed E-state index contributed by atoms with van der Waals surface area (Å²) in [5, 5.41) is 3.21. The average Bonchev–Trinajstić information content (AvgIpc) is 2.67. The molecule has 0 atom stereocenters. The van der Waals surface area contributed by atoms with Gasteiger partial charge in [-0.1, -0.05) is 6.07 Å². The van der Waals surface area contributed by atoms with Gasteiger partial charge in [-0.3, -0.25) is 9.69 Å². The van der Waals surface area contributed by atoms with E-state index in [0.717, 1.165) is 5.82 Å². The Labute approximate surface area is 152 Å². The fourth-order valence-corrected chi connectivity index (χ4v) is 2.20. The topological polar surface area (TPSA) is 80.8 Å². The molecule has 0 spiro atoms. The summed E-state index contributed by atoms with van der Waals surface area (Å²) in [6, 6.07) is 12.4. The molecule has 0 saturated heterocycles. The molecule has 2 aromatic rings. The molecule has 0 aliphatic rings. The zero-order valence-corrected chi connectivity index (χ0v) is 15.0. The third-order valence-corrected chi connectivity index (χ3v) is 3.64. The third kappa shape index (κ3) is 6.52. The maximum absolute atomic E-state index is 12.3. The number of Topliss-reactive ketones (excluding diaryl/α,β-unsaturated/α-hetero) is 1. The number of ketones is 1. The quantitative estimate of drug-likeness (QED) is 0.513. The first kappa shape index (κ1) is 19.4. The molecule has 1 aromatic heterocycles. The van der Waals surface area contributed by atoms with Crippen LogP contribution in [0.4, 0.5) is 5.82 Å². The molecule has 0 radical (unpaired) electrons. The Kier molecular flexibility index (Phi) is 7.57. The lowest BCUT2D eigenvalue weighted by Crippen LogP contribution is -2.30. The molecule has 0 amide bonds. The normalized spacial score (nSPS) is 10.4. The molecule has 7 nitrogen and oxygen atoms in total. The van der Waals surface area contributed by atoms with Crippen LogP contribution >= 0.6 is 0 Å². The minimum atomic E-state index is -0.453. The van der Waals surface area contributed by atoms with Crippen molar-refractivity contribution in [1.82, 2.24) is 9.88 Å². The van der Waals surface area contributed by atoms with Crippen LogP contribution in [0.3, 0.4) is 0 Å². The van der Waals surface area contributed by atoms with Crippen LogP contribution in [-0.4, -0.2) is 62.0 Å². The Balaban J connectivity index is 1.74. The van der Waals surface area contributed by atoms with Crippen molar-refractivity contribution in [2.45, 2.75) is 0 Å². The van der Waals surface area contributed by atoms with Gasteiger partial charge < -0.3 is 14.8 Å². The van der Waals surface area contributed by atoms with Gasteiger partial charge in [-0.05, 0) is 43.4 Å². The van der Waals surface area contributed by atoms with Gasteiger partial charge in [-0.25, -0.2) is 9.78 Å². The minimum absolute atomic E-state index is 0.0184. The fourth-order valence-electron chi connectivity index (χ4n) is 2.20. The van der Waals surface area contributed by atoms with Gasteiger partial charge in [0.15, 0.2) is 12.4 Å². The van der Waals surface area contributed by atoms with Crippen LogP contribution in [0, 0.1) is 0 Å². The van der Waals surface area contributed by atoms with Gasteiger partial charge in [0, 0.05) is 24.8 Å². The van der Waals surface area contributed by atoms with Gasteiger partial charge in [-0.2, -0.15) is 0 Å². The second kappa shape index (κ2) is 10.1. The summed E-state index contributed by atoms with van der Waals surface area (Å²) in [6.45, 7) is 1.56. The number of ether oxygens (including phenoxy) is 2. The van der Waals surface area contributed by atoms with Crippen LogP contribution in [0.25, 0.3) is 0 Å². The highest BCUT2D eigenvalue weighted by atomic mass is 16.6. The van der Waals surface area contributed by atoms with E-state index >= 15 is 0 Å². The van der Waals surface area contributed by atoms with Crippen molar-refractivity contribution in [1.29, 1.82) is 0 Å². The highest BCUT2D eigenvalue weighted by Crippen LogP contribution is 2.13. The Hall–Kier alpha value is -2.93. The van der Waals surface area contributed by atoms with E-state index in [4.69, 9.17) is 4.74 Å². The van der Waals surface area contributed by atoms with Crippen LogP contribution in [0.2, 0.25) is 0 Å². The van der Waals surface area contributed by atoms with Crippen molar-refractivity contribution in [3.8, 4) is 5.75 Å². The van der Waals surface area contributed by atoms with Crippen molar-refractivity contribution in [3.05, 3.63) is 54.2 Å². The van der Waals surface area contributed by atoms with Gasteiger partial charge in [0.25, 0.3) is 0 Å². The maximum atomic E-state index is 12.3. The van der Waals surface area contributed by atoms with E-state index in [2.05, 4.69) is 15.0 Å². The zero-order valence-electron chi connectivity index (χ0n) is 15.0. The fraction of sp³-hybridized carbons (Fsp3) is 0.316. The molecule has 138 valence electrons. The molecule has 7 heteroatoms. The van der Waals surface area contributed by atoms with E-state index in [9.17, 15) is 9.59 Å². The number of rotatable bonds is 10. The van der Waals surface area contributed by atoms with Gasteiger partial charge in [0.2, 0.25) is 0 Å². The number of esters is 1. The number of pyridine rings is 1. The Bertz CT molecular complexity index is 704. The SMILES string of the molecule is COC(=O)COc1ccc(C(=O)CN(C)CCNc2ccccn2)cc1. The molecule has 1 heterocycles. The molecule has 0 bridgehead atoms. The Morgan fingerprint density at radius 1 is 1.15 bits per heavy atom. The number of likely N-dealkylation sites (N-methyl/N-ethyl adjacent to an activating group) is 1. The zero-order chi connectivity index (χ0) is 18.8. The van der Waals surface area contributed by atoms with Crippen molar-refractivity contribution >= 4 is 17.6 Å². The lowest BCUT2D eigenvalue weighted by molar-refractivity contribution is -0.142. The second-order valence-electron chi connectivity index (χ2n) is 5.69. The highest BCUT2D eigenvalue weighted by Gasteiger charge is 2.10.